The molecule has 0 spiro atoms. The average molecular weight is 484 g/mol. The summed E-state index contributed by atoms with van der Waals surface area (Å²) in [5, 5.41) is 5.70. The second-order valence-corrected chi connectivity index (χ2v) is 8.71. The molecule has 186 valence electrons. The quantitative estimate of drug-likeness (QED) is 0.525. The Labute approximate surface area is 202 Å². The maximum absolute atomic E-state index is 13.1. The number of halogens is 1. The second-order valence-electron chi connectivity index (χ2n) is 8.71. The Morgan fingerprint density at radius 2 is 1.69 bits per heavy atom. The molecule has 3 aromatic rings. The third-order valence-corrected chi connectivity index (χ3v) is 6.46. The third kappa shape index (κ3) is 5.16. The average Bonchev–Trinajstić information content (AvgIpc) is 3.07. The first-order valence-corrected chi connectivity index (χ1v) is 11.7. The van der Waals surface area contributed by atoms with Gasteiger partial charge in [-0.25, -0.2) is 14.0 Å². The van der Waals surface area contributed by atoms with Crippen LogP contribution >= 0.6 is 0 Å². The first-order valence-electron chi connectivity index (χ1n) is 11.7. The van der Waals surface area contributed by atoms with Gasteiger partial charge in [-0.05, 0) is 49.6 Å². The monoisotopic (exact) mass is 483 g/mol. The summed E-state index contributed by atoms with van der Waals surface area (Å²) in [5.74, 6) is -0.658. The number of rotatable bonds is 6. The highest BCUT2D eigenvalue weighted by molar-refractivity contribution is 5.98. The van der Waals surface area contributed by atoms with E-state index in [-0.39, 0.29) is 29.9 Å². The normalized spacial score (nSPS) is 14.2. The Hall–Kier alpha value is -3.82. The van der Waals surface area contributed by atoms with E-state index >= 15 is 0 Å². The first kappa shape index (κ1) is 24.3. The fourth-order valence-electron chi connectivity index (χ4n) is 4.46. The second kappa shape index (κ2) is 10.2. The van der Waals surface area contributed by atoms with Crippen molar-refractivity contribution in [2.45, 2.75) is 26.3 Å². The molecular weight excluding hydrogens is 453 g/mol. The lowest BCUT2D eigenvalue weighted by Gasteiger charge is -2.34. The Balaban J connectivity index is 1.57. The van der Waals surface area contributed by atoms with Crippen LogP contribution in [-0.4, -0.2) is 40.8 Å². The highest BCUT2D eigenvalue weighted by atomic mass is 19.1. The zero-order chi connectivity index (χ0) is 25.1. The van der Waals surface area contributed by atoms with Gasteiger partial charge in [0.25, 0.3) is 0 Å². The molecule has 1 aromatic heterocycles. The molecule has 0 radical (unpaired) electrons. The van der Waals surface area contributed by atoms with E-state index in [9.17, 15) is 18.8 Å². The van der Waals surface area contributed by atoms with Gasteiger partial charge in [0, 0.05) is 33.7 Å². The van der Waals surface area contributed by atoms with Crippen molar-refractivity contribution in [1.82, 2.24) is 14.5 Å². The molecule has 4 rings (SSSR count). The molecule has 0 unspecified atom stereocenters. The maximum atomic E-state index is 13.1. The summed E-state index contributed by atoms with van der Waals surface area (Å²) in [6, 6.07) is 9.18. The van der Waals surface area contributed by atoms with Crippen LogP contribution in [0.25, 0.3) is 11.0 Å². The number of ether oxygens (including phenoxy) is 1. The molecule has 35 heavy (non-hydrogen) atoms. The minimum atomic E-state index is -0.419. The number of hydrogen-bond acceptors (Lipinski definition) is 5. The number of carbonyl (C=O) groups excluding carboxylic acids is 2. The van der Waals surface area contributed by atoms with E-state index < -0.39 is 6.03 Å². The van der Waals surface area contributed by atoms with E-state index in [0.717, 1.165) is 16.8 Å². The highest BCUT2D eigenvalue weighted by Crippen LogP contribution is 2.34. The van der Waals surface area contributed by atoms with Crippen LogP contribution in [-0.2, 0) is 30.2 Å². The summed E-state index contributed by atoms with van der Waals surface area (Å²) in [6.07, 6.45) is 1.28. The molecule has 2 heterocycles. The van der Waals surface area contributed by atoms with Crippen molar-refractivity contribution < 1.29 is 18.7 Å². The van der Waals surface area contributed by atoms with Crippen molar-refractivity contribution in [1.29, 1.82) is 0 Å². The van der Waals surface area contributed by atoms with Gasteiger partial charge in [-0.15, -0.1) is 0 Å². The van der Waals surface area contributed by atoms with E-state index in [1.165, 1.54) is 16.7 Å². The van der Waals surface area contributed by atoms with Crippen molar-refractivity contribution in [3.05, 3.63) is 58.3 Å². The van der Waals surface area contributed by atoms with Gasteiger partial charge < -0.3 is 20.3 Å². The molecule has 1 fully saturated rings. The van der Waals surface area contributed by atoms with Crippen LogP contribution in [0.2, 0.25) is 0 Å². The van der Waals surface area contributed by atoms with Crippen LogP contribution in [0.15, 0.2) is 41.2 Å². The molecule has 1 aliphatic rings. The highest BCUT2D eigenvalue weighted by Gasteiger charge is 2.28. The lowest BCUT2D eigenvalue weighted by Crippen LogP contribution is -2.38. The van der Waals surface area contributed by atoms with E-state index in [1.54, 1.807) is 43.8 Å². The van der Waals surface area contributed by atoms with Crippen LogP contribution in [0, 0.1) is 11.7 Å². The smallest absolute Gasteiger partial charge is 0.328 e. The molecule has 0 atom stereocenters. The molecule has 1 aliphatic heterocycles. The SMILES string of the molecule is CCOC(=O)C1CCN(c2cc3c(cc2NC(=O)NCc2ccc(F)cc2)n(C)c(=O)n3C)CC1. The molecule has 10 heteroatoms. The number of hydrogen-bond donors (Lipinski definition) is 2. The summed E-state index contributed by atoms with van der Waals surface area (Å²) in [5.41, 5.74) is 3.38. The number of nitrogens with zero attached hydrogens (tertiary/aromatic N) is 3. The van der Waals surface area contributed by atoms with E-state index in [4.69, 9.17) is 4.74 Å². The van der Waals surface area contributed by atoms with Crippen LogP contribution < -0.4 is 21.2 Å². The molecule has 1 saturated heterocycles. The van der Waals surface area contributed by atoms with Gasteiger partial charge in [-0.2, -0.15) is 0 Å². The molecule has 2 N–H and O–H groups in total. The van der Waals surface area contributed by atoms with Crippen LogP contribution in [0.5, 0.6) is 0 Å². The fourth-order valence-corrected chi connectivity index (χ4v) is 4.46. The van der Waals surface area contributed by atoms with E-state index in [1.807, 2.05) is 6.07 Å². The third-order valence-electron chi connectivity index (χ3n) is 6.46. The van der Waals surface area contributed by atoms with Gasteiger partial charge in [-0.3, -0.25) is 13.9 Å². The summed E-state index contributed by atoms with van der Waals surface area (Å²) in [4.78, 5) is 39.5. The summed E-state index contributed by atoms with van der Waals surface area (Å²) >= 11 is 0. The van der Waals surface area contributed by atoms with Gasteiger partial charge >= 0.3 is 17.7 Å². The predicted molar refractivity (Wildman–Crippen MR) is 132 cm³/mol. The molecule has 2 aromatic carbocycles. The number of nitrogens with one attached hydrogen (secondary N) is 2. The lowest BCUT2D eigenvalue weighted by molar-refractivity contribution is -0.148. The van der Waals surface area contributed by atoms with E-state index in [2.05, 4.69) is 15.5 Å². The molecule has 0 aliphatic carbocycles. The lowest BCUT2D eigenvalue weighted by atomic mass is 9.96. The number of aromatic nitrogens is 2. The zero-order valence-corrected chi connectivity index (χ0v) is 20.1. The van der Waals surface area contributed by atoms with Crippen molar-refractivity contribution in [2.24, 2.45) is 20.0 Å². The number of esters is 1. The van der Waals surface area contributed by atoms with Gasteiger partial charge in [-0.1, -0.05) is 12.1 Å². The number of aryl methyl sites for hydroxylation is 2. The van der Waals surface area contributed by atoms with Gasteiger partial charge in [0.1, 0.15) is 5.82 Å². The van der Waals surface area contributed by atoms with Crippen LogP contribution in [0.1, 0.15) is 25.3 Å². The van der Waals surface area contributed by atoms with Gasteiger partial charge in [0.15, 0.2) is 0 Å². The van der Waals surface area contributed by atoms with Crippen molar-refractivity contribution in [3.63, 3.8) is 0 Å². The fraction of sp³-hybridized carbons (Fsp3) is 0.400. The van der Waals surface area contributed by atoms with Crippen LogP contribution in [0.4, 0.5) is 20.6 Å². The summed E-state index contributed by atoms with van der Waals surface area (Å²) < 4.78 is 21.4. The number of urea groups is 1. The van der Waals surface area contributed by atoms with Crippen molar-refractivity contribution >= 4 is 34.4 Å². The largest absolute Gasteiger partial charge is 0.466 e. The number of benzene rings is 2. The number of carbonyl (C=O) groups is 2. The number of piperidine rings is 1. The zero-order valence-electron chi connectivity index (χ0n) is 20.1. The Morgan fingerprint density at radius 3 is 2.31 bits per heavy atom. The van der Waals surface area contributed by atoms with Crippen LogP contribution in [0.3, 0.4) is 0 Å². The molecular formula is C25H30FN5O4. The number of imidazole rings is 1. The summed E-state index contributed by atoms with van der Waals surface area (Å²) in [7, 11) is 3.40. The number of anilines is 2. The molecule has 2 amide bonds. The molecule has 0 bridgehead atoms. The van der Waals surface area contributed by atoms with Gasteiger partial charge in [0.05, 0.1) is 34.9 Å². The Kier molecular flexibility index (Phi) is 7.09. The standard InChI is InChI=1S/C25H30FN5O4/c1-4-35-23(32)17-9-11-31(12-10-17)20-14-22-21(29(2)25(34)30(22)3)13-19(20)28-24(33)27-15-16-5-7-18(26)8-6-16/h5-8,13-14,17H,4,9-12,15H2,1-3H3,(H2,27,28,33). The van der Waals surface area contributed by atoms with E-state index in [0.29, 0.717) is 43.7 Å². The number of amides is 2. The minimum Gasteiger partial charge on any atom is -0.466 e. The molecule has 0 saturated carbocycles. The summed E-state index contributed by atoms with van der Waals surface area (Å²) in [6.45, 7) is 3.62. The first-order chi connectivity index (χ1) is 16.8. The molecule has 9 nitrogen and oxygen atoms in total. The van der Waals surface area contributed by atoms with Crippen molar-refractivity contribution in [2.75, 3.05) is 29.9 Å². The predicted octanol–water partition coefficient (Wildman–Crippen LogP) is 3.12. The van der Waals surface area contributed by atoms with Crippen molar-refractivity contribution in [3.8, 4) is 0 Å². The minimum absolute atomic E-state index is 0.147. The maximum Gasteiger partial charge on any atom is 0.328 e. The number of fused-ring (bicyclic) bond motifs is 1. The van der Waals surface area contributed by atoms with Gasteiger partial charge in [0.2, 0.25) is 0 Å². The Morgan fingerprint density at radius 1 is 1.06 bits per heavy atom. The Bertz CT molecular complexity index is 1290. The topological polar surface area (TPSA) is 97.6 Å².